The Morgan fingerprint density at radius 3 is 1.89 bits per heavy atom. The molecule has 248 valence electrons. The van der Waals surface area contributed by atoms with E-state index in [0.29, 0.717) is 29.9 Å². The van der Waals surface area contributed by atoms with Crippen LogP contribution in [0.1, 0.15) is 43.4 Å². The molecule has 0 aromatic heterocycles. The number of rotatable bonds is 16. The highest BCUT2D eigenvalue weighted by molar-refractivity contribution is 5.89. The fourth-order valence-electron chi connectivity index (χ4n) is 4.63. The van der Waals surface area contributed by atoms with E-state index in [1.165, 1.54) is 14.2 Å². The van der Waals surface area contributed by atoms with Crippen molar-refractivity contribution in [2.24, 2.45) is 11.7 Å². The third kappa shape index (κ3) is 13.4. The van der Waals surface area contributed by atoms with Gasteiger partial charge in [-0.2, -0.15) is 0 Å². The van der Waals surface area contributed by atoms with Gasteiger partial charge in [-0.1, -0.05) is 80.6 Å². The summed E-state index contributed by atoms with van der Waals surface area (Å²) in [6.45, 7) is 3.63. The number of aliphatic carboxylic acids is 1. The van der Waals surface area contributed by atoms with Crippen LogP contribution in [-0.2, 0) is 38.4 Å². The highest BCUT2D eigenvalue weighted by Gasteiger charge is 2.29. The third-order valence-electron chi connectivity index (χ3n) is 7.04. The zero-order chi connectivity index (χ0) is 34.1. The van der Waals surface area contributed by atoms with Gasteiger partial charge in [-0.3, -0.25) is 19.2 Å². The van der Waals surface area contributed by atoms with Crippen molar-refractivity contribution >= 4 is 23.7 Å². The Morgan fingerprint density at radius 1 is 0.783 bits per heavy atom. The fourth-order valence-corrected chi connectivity index (χ4v) is 4.63. The van der Waals surface area contributed by atoms with Crippen LogP contribution in [0.15, 0.2) is 78.9 Å². The number of benzene rings is 3. The summed E-state index contributed by atoms with van der Waals surface area (Å²) in [5.74, 6) is -1.28. The molecule has 11 heteroatoms. The van der Waals surface area contributed by atoms with Gasteiger partial charge < -0.3 is 36.1 Å². The average molecular weight is 636 g/mol. The SMILES string of the molecule is COc1ccc(CC(=O)NC(C(=O)N[C@@H](Cc2ccccc2)[C@@H](O)CCC(=O)O)C(C)C)cc1OC.NC(=O)Cc1ccccc1. The number of nitrogens with two attached hydrogens (primary N) is 1. The molecule has 3 rings (SSSR count). The maximum Gasteiger partial charge on any atom is 0.303 e. The van der Waals surface area contributed by atoms with E-state index in [4.69, 9.17) is 20.3 Å². The molecule has 0 bridgehead atoms. The second kappa shape index (κ2) is 19.5. The van der Waals surface area contributed by atoms with Crippen molar-refractivity contribution in [1.82, 2.24) is 10.6 Å². The first-order valence-corrected chi connectivity index (χ1v) is 15.0. The van der Waals surface area contributed by atoms with E-state index >= 15 is 0 Å². The number of ether oxygens (including phenoxy) is 2. The molecule has 0 aliphatic rings. The summed E-state index contributed by atoms with van der Waals surface area (Å²) in [4.78, 5) is 47.4. The van der Waals surface area contributed by atoms with E-state index in [1.54, 1.807) is 18.2 Å². The Bertz CT molecular complexity index is 1400. The van der Waals surface area contributed by atoms with Gasteiger partial charge in [0.2, 0.25) is 17.7 Å². The Hall–Kier alpha value is -4.90. The standard InChI is InChI=1S/C27H36N2O7.C8H9NO/c1-17(2)26(29-24(31)16-19-10-12-22(35-3)23(15-19)36-4)27(34)28-20(21(30)11-13-25(32)33)14-18-8-6-5-7-9-18;9-8(10)6-7-4-2-1-3-5-7/h5-10,12,15,17,20-21,26,30H,11,13-14,16H2,1-4H3,(H,28,34)(H,29,31)(H,32,33);1-5H,6H2,(H2,9,10)/t20-,21-,26?;/m0./s1. The third-order valence-corrected chi connectivity index (χ3v) is 7.04. The lowest BCUT2D eigenvalue weighted by atomic mass is 9.96. The lowest BCUT2D eigenvalue weighted by molar-refractivity contribution is -0.137. The number of carbonyl (C=O) groups is 4. The monoisotopic (exact) mass is 635 g/mol. The normalized spacial score (nSPS) is 12.5. The van der Waals surface area contributed by atoms with Crippen LogP contribution in [-0.4, -0.2) is 66.3 Å². The van der Waals surface area contributed by atoms with Crippen LogP contribution in [0.25, 0.3) is 0 Å². The fraction of sp³-hybridized carbons (Fsp3) is 0.371. The molecule has 1 unspecified atom stereocenters. The molecule has 3 aromatic rings. The van der Waals surface area contributed by atoms with Crippen molar-refractivity contribution in [2.75, 3.05) is 14.2 Å². The van der Waals surface area contributed by atoms with Crippen molar-refractivity contribution in [2.45, 2.75) is 64.1 Å². The average Bonchev–Trinajstić information content (AvgIpc) is 3.02. The Kier molecular flexibility index (Phi) is 15.8. The summed E-state index contributed by atoms with van der Waals surface area (Å²) in [5, 5.41) is 25.3. The van der Waals surface area contributed by atoms with Gasteiger partial charge in [-0.05, 0) is 47.6 Å². The number of hydrogen-bond acceptors (Lipinski definition) is 7. The van der Waals surface area contributed by atoms with Crippen LogP contribution < -0.4 is 25.8 Å². The summed E-state index contributed by atoms with van der Waals surface area (Å²) < 4.78 is 10.5. The van der Waals surface area contributed by atoms with E-state index in [-0.39, 0.29) is 37.0 Å². The topological polar surface area (TPSA) is 177 Å². The van der Waals surface area contributed by atoms with Crippen LogP contribution >= 0.6 is 0 Å². The minimum Gasteiger partial charge on any atom is -0.493 e. The van der Waals surface area contributed by atoms with Crippen LogP contribution in [0.5, 0.6) is 11.5 Å². The van der Waals surface area contributed by atoms with Gasteiger partial charge in [0.25, 0.3) is 0 Å². The summed E-state index contributed by atoms with van der Waals surface area (Å²) in [6, 6.07) is 22.3. The minimum absolute atomic E-state index is 0.00881. The number of hydrogen-bond donors (Lipinski definition) is 5. The molecule has 3 atom stereocenters. The Labute approximate surface area is 270 Å². The van der Waals surface area contributed by atoms with Gasteiger partial charge in [-0.15, -0.1) is 0 Å². The maximum absolute atomic E-state index is 13.2. The van der Waals surface area contributed by atoms with Gasteiger partial charge >= 0.3 is 5.97 Å². The number of carboxylic acids is 1. The Morgan fingerprint density at radius 2 is 1.37 bits per heavy atom. The zero-order valence-corrected chi connectivity index (χ0v) is 26.8. The number of methoxy groups -OCH3 is 2. The van der Waals surface area contributed by atoms with E-state index in [0.717, 1.165) is 11.1 Å². The van der Waals surface area contributed by atoms with Gasteiger partial charge in [0.15, 0.2) is 11.5 Å². The van der Waals surface area contributed by atoms with Crippen LogP contribution in [0.3, 0.4) is 0 Å². The van der Waals surface area contributed by atoms with E-state index in [1.807, 2.05) is 74.5 Å². The van der Waals surface area contributed by atoms with Crippen molar-refractivity contribution in [3.05, 3.63) is 95.6 Å². The molecule has 0 fully saturated rings. The molecule has 0 saturated heterocycles. The second-order valence-corrected chi connectivity index (χ2v) is 11.1. The van der Waals surface area contributed by atoms with E-state index < -0.39 is 30.1 Å². The predicted octanol–water partition coefficient (Wildman–Crippen LogP) is 3.05. The predicted molar refractivity (Wildman–Crippen MR) is 174 cm³/mol. The smallest absolute Gasteiger partial charge is 0.303 e. The van der Waals surface area contributed by atoms with Crippen molar-refractivity contribution in [1.29, 1.82) is 0 Å². The summed E-state index contributed by atoms with van der Waals surface area (Å²) in [6.07, 6.45) is -0.617. The minimum atomic E-state index is -1.07. The van der Waals surface area contributed by atoms with Gasteiger partial charge in [0.05, 0.1) is 39.2 Å². The first kappa shape index (κ1) is 37.3. The highest BCUT2D eigenvalue weighted by atomic mass is 16.5. The molecule has 46 heavy (non-hydrogen) atoms. The molecule has 0 aliphatic carbocycles. The first-order valence-electron chi connectivity index (χ1n) is 15.0. The van der Waals surface area contributed by atoms with Crippen LogP contribution in [0.4, 0.5) is 0 Å². The van der Waals surface area contributed by atoms with Crippen molar-refractivity contribution in [3.63, 3.8) is 0 Å². The Balaban J connectivity index is 0.000000623. The maximum atomic E-state index is 13.2. The molecule has 0 heterocycles. The lowest BCUT2D eigenvalue weighted by Crippen LogP contribution is -2.55. The van der Waals surface area contributed by atoms with E-state index in [2.05, 4.69) is 10.6 Å². The van der Waals surface area contributed by atoms with Crippen LogP contribution in [0, 0.1) is 5.92 Å². The number of amides is 3. The van der Waals surface area contributed by atoms with Crippen molar-refractivity contribution < 1.29 is 38.9 Å². The molecular formula is C35H45N3O8. The highest BCUT2D eigenvalue weighted by Crippen LogP contribution is 2.27. The number of carboxylic acid groups (broad SMARTS) is 1. The summed E-state index contributed by atoms with van der Waals surface area (Å²) in [5.41, 5.74) is 7.53. The molecule has 11 nitrogen and oxygen atoms in total. The first-order chi connectivity index (χ1) is 21.9. The summed E-state index contributed by atoms with van der Waals surface area (Å²) in [7, 11) is 3.04. The quantitative estimate of drug-likeness (QED) is 0.159. The van der Waals surface area contributed by atoms with E-state index in [9.17, 15) is 24.3 Å². The molecule has 3 aromatic carbocycles. The van der Waals surface area contributed by atoms with Crippen molar-refractivity contribution in [3.8, 4) is 11.5 Å². The molecule has 3 amide bonds. The lowest BCUT2D eigenvalue weighted by Gasteiger charge is -2.28. The van der Waals surface area contributed by atoms with Gasteiger partial charge in [-0.25, -0.2) is 0 Å². The zero-order valence-electron chi connectivity index (χ0n) is 26.8. The largest absolute Gasteiger partial charge is 0.493 e. The molecule has 6 N–H and O–H groups in total. The number of nitrogens with one attached hydrogen (secondary N) is 2. The van der Waals surface area contributed by atoms with Gasteiger partial charge in [0.1, 0.15) is 6.04 Å². The molecule has 0 spiro atoms. The summed E-state index contributed by atoms with van der Waals surface area (Å²) >= 11 is 0. The number of aliphatic hydroxyl groups is 1. The molecule has 0 saturated carbocycles. The number of carbonyl (C=O) groups excluding carboxylic acids is 3. The molecule has 0 radical (unpaired) electrons. The number of aliphatic hydroxyl groups excluding tert-OH is 1. The van der Waals surface area contributed by atoms with Crippen LogP contribution in [0.2, 0.25) is 0 Å². The molecule has 0 aliphatic heterocycles. The second-order valence-electron chi connectivity index (χ2n) is 11.1. The molecular weight excluding hydrogens is 590 g/mol. The number of primary amides is 1. The van der Waals surface area contributed by atoms with Gasteiger partial charge in [0, 0.05) is 6.42 Å².